The highest BCUT2D eigenvalue weighted by atomic mass is 35.5. The molecule has 1 N–H and O–H groups in total. The Morgan fingerprint density at radius 2 is 2.25 bits per heavy atom. The second-order valence-electron chi connectivity index (χ2n) is 3.99. The number of nitriles is 1. The molecule has 5 nitrogen and oxygen atoms in total. The number of nitrogens with zero attached hydrogens (tertiary/aromatic N) is 3. The minimum absolute atomic E-state index is 0.312. The number of carbonyl (C=O) groups excluding carboxylic acids is 1. The van der Waals surface area contributed by atoms with Crippen molar-refractivity contribution in [2.75, 3.05) is 5.32 Å². The van der Waals surface area contributed by atoms with Crippen LogP contribution in [0.5, 0.6) is 0 Å². The highest BCUT2D eigenvalue weighted by Gasteiger charge is 2.09. The fraction of sp³-hybridized carbons (Fsp3) is 0.0714. The van der Waals surface area contributed by atoms with Gasteiger partial charge in [-0.3, -0.25) is 9.48 Å². The van der Waals surface area contributed by atoms with Crippen molar-refractivity contribution in [3.63, 3.8) is 0 Å². The van der Waals surface area contributed by atoms with E-state index in [1.54, 1.807) is 25.3 Å². The lowest BCUT2D eigenvalue weighted by Crippen LogP contribution is -2.12. The monoisotopic (exact) mass is 286 g/mol. The molecule has 1 aromatic carbocycles. The minimum Gasteiger partial charge on any atom is -0.306 e. The summed E-state index contributed by atoms with van der Waals surface area (Å²) in [5.41, 5.74) is 1.06. The number of halogens is 1. The lowest BCUT2D eigenvalue weighted by Gasteiger charge is -2.03. The van der Waals surface area contributed by atoms with Gasteiger partial charge in [-0.05, 0) is 17.7 Å². The summed E-state index contributed by atoms with van der Waals surface area (Å²) in [5.74, 6) is 0.00586. The quantitative estimate of drug-likeness (QED) is 0.882. The van der Waals surface area contributed by atoms with Crippen LogP contribution in [0, 0.1) is 11.3 Å². The van der Waals surface area contributed by atoms with Crippen molar-refractivity contribution in [3.05, 3.63) is 52.7 Å². The Morgan fingerprint density at radius 3 is 2.95 bits per heavy atom. The third-order valence-electron chi connectivity index (χ3n) is 2.62. The topological polar surface area (TPSA) is 70.7 Å². The number of aryl methyl sites for hydroxylation is 1. The van der Waals surface area contributed by atoms with Crippen LogP contribution in [0.2, 0.25) is 5.02 Å². The maximum absolute atomic E-state index is 11.8. The summed E-state index contributed by atoms with van der Waals surface area (Å²) >= 11 is 5.98. The van der Waals surface area contributed by atoms with Gasteiger partial charge >= 0.3 is 0 Å². The predicted molar refractivity (Wildman–Crippen MR) is 77.0 cm³/mol. The molecule has 1 amide bonds. The van der Waals surface area contributed by atoms with E-state index in [1.807, 2.05) is 18.2 Å². The molecule has 1 aromatic heterocycles. The van der Waals surface area contributed by atoms with Gasteiger partial charge in [-0.15, -0.1) is 0 Å². The van der Waals surface area contributed by atoms with Crippen molar-refractivity contribution in [3.8, 4) is 6.07 Å². The Bertz CT molecular complexity index is 712. The molecular weight excluding hydrogens is 276 g/mol. The zero-order valence-corrected chi connectivity index (χ0v) is 11.4. The number of anilines is 1. The molecule has 2 aromatic rings. The molecule has 100 valence electrons. The second-order valence-corrected chi connectivity index (χ2v) is 4.39. The average Bonchev–Trinajstić information content (AvgIpc) is 2.79. The van der Waals surface area contributed by atoms with E-state index in [0.29, 0.717) is 16.4 Å². The van der Waals surface area contributed by atoms with Gasteiger partial charge in [-0.25, -0.2) is 0 Å². The van der Waals surface area contributed by atoms with E-state index in [0.717, 1.165) is 5.56 Å². The van der Waals surface area contributed by atoms with E-state index in [9.17, 15) is 4.79 Å². The van der Waals surface area contributed by atoms with Crippen molar-refractivity contribution in [1.29, 1.82) is 5.26 Å². The summed E-state index contributed by atoms with van der Waals surface area (Å²) in [7, 11) is 1.65. The molecule has 0 radical (unpaired) electrons. The number of rotatable bonds is 3. The molecule has 0 aliphatic rings. The van der Waals surface area contributed by atoms with Gasteiger partial charge < -0.3 is 5.32 Å². The predicted octanol–water partition coefficient (Wildman–Crippen LogP) is 2.60. The third-order valence-corrected chi connectivity index (χ3v) is 2.96. The molecule has 0 saturated carbocycles. The normalized spacial score (nSPS) is 10.4. The first-order valence-corrected chi connectivity index (χ1v) is 6.15. The van der Waals surface area contributed by atoms with E-state index >= 15 is 0 Å². The van der Waals surface area contributed by atoms with Crippen LogP contribution in [0.4, 0.5) is 5.82 Å². The average molecular weight is 287 g/mol. The third kappa shape index (κ3) is 3.05. The fourth-order valence-electron chi connectivity index (χ4n) is 1.60. The number of hydrogen-bond donors (Lipinski definition) is 1. The first kappa shape index (κ1) is 13.8. The zero-order valence-electron chi connectivity index (χ0n) is 10.7. The summed E-state index contributed by atoms with van der Waals surface area (Å²) in [5, 5.41) is 16.0. The Balaban J connectivity index is 2.12. The van der Waals surface area contributed by atoms with Gasteiger partial charge in [0.05, 0.1) is 6.20 Å². The van der Waals surface area contributed by atoms with Crippen molar-refractivity contribution < 1.29 is 4.79 Å². The van der Waals surface area contributed by atoms with Gasteiger partial charge in [0.2, 0.25) is 5.91 Å². The van der Waals surface area contributed by atoms with E-state index in [4.69, 9.17) is 16.9 Å². The van der Waals surface area contributed by atoms with Crippen LogP contribution in [0.1, 0.15) is 11.1 Å². The molecule has 2 rings (SSSR count). The Labute approximate surface area is 121 Å². The number of aromatic nitrogens is 2. The van der Waals surface area contributed by atoms with Crippen molar-refractivity contribution in [2.24, 2.45) is 7.05 Å². The van der Waals surface area contributed by atoms with Crippen LogP contribution in [0.3, 0.4) is 0 Å². The van der Waals surface area contributed by atoms with Crippen molar-refractivity contribution in [2.45, 2.75) is 0 Å². The molecular formula is C14H11ClN4O. The summed E-state index contributed by atoms with van der Waals surface area (Å²) in [6.07, 6.45) is 4.36. The lowest BCUT2D eigenvalue weighted by molar-refractivity contribution is -0.111. The van der Waals surface area contributed by atoms with Gasteiger partial charge in [0.1, 0.15) is 17.5 Å². The standard InChI is InChI=1S/C14H11ClN4O/c1-19-14(11(8-16)9-17-19)18-13(20)7-6-10-4-2-3-5-12(10)15/h2-7,9H,1H3,(H,18,20)/b7-6+. The summed E-state index contributed by atoms with van der Waals surface area (Å²) in [6, 6.07) is 9.15. The molecule has 6 heteroatoms. The zero-order chi connectivity index (χ0) is 14.5. The molecule has 0 spiro atoms. The van der Waals surface area contributed by atoms with Crippen LogP contribution < -0.4 is 5.32 Å². The molecule has 0 bridgehead atoms. The van der Waals surface area contributed by atoms with Gasteiger partial charge in [-0.1, -0.05) is 29.8 Å². The first-order valence-electron chi connectivity index (χ1n) is 5.77. The van der Waals surface area contributed by atoms with E-state index < -0.39 is 0 Å². The molecule has 0 fully saturated rings. The lowest BCUT2D eigenvalue weighted by atomic mass is 10.2. The van der Waals surface area contributed by atoms with Crippen LogP contribution >= 0.6 is 11.6 Å². The van der Waals surface area contributed by atoms with E-state index in [2.05, 4.69) is 10.4 Å². The SMILES string of the molecule is Cn1ncc(C#N)c1NC(=O)/C=C/c1ccccc1Cl. The summed E-state index contributed by atoms with van der Waals surface area (Å²) in [6.45, 7) is 0. The Kier molecular flexibility index (Phi) is 4.18. The summed E-state index contributed by atoms with van der Waals surface area (Å²) in [4.78, 5) is 11.8. The number of benzene rings is 1. The van der Waals surface area contributed by atoms with Crippen LogP contribution in [-0.4, -0.2) is 15.7 Å². The largest absolute Gasteiger partial charge is 0.306 e. The van der Waals surface area contributed by atoms with Gasteiger partial charge in [0.25, 0.3) is 0 Å². The second kappa shape index (κ2) is 6.04. The van der Waals surface area contributed by atoms with Crippen molar-refractivity contribution in [1.82, 2.24) is 9.78 Å². The highest BCUT2D eigenvalue weighted by Crippen LogP contribution is 2.17. The number of carbonyl (C=O) groups is 1. The van der Waals surface area contributed by atoms with E-state index in [1.165, 1.54) is 17.0 Å². The smallest absolute Gasteiger partial charge is 0.249 e. The minimum atomic E-state index is -0.356. The van der Waals surface area contributed by atoms with Gasteiger partial charge in [-0.2, -0.15) is 10.4 Å². The number of nitrogens with one attached hydrogen (secondary N) is 1. The molecule has 20 heavy (non-hydrogen) atoms. The molecule has 0 aliphatic carbocycles. The van der Waals surface area contributed by atoms with Crippen LogP contribution in [0.25, 0.3) is 6.08 Å². The van der Waals surface area contributed by atoms with Gasteiger partial charge in [0, 0.05) is 18.1 Å². The van der Waals surface area contributed by atoms with Crippen molar-refractivity contribution >= 4 is 29.4 Å². The number of hydrogen-bond acceptors (Lipinski definition) is 3. The van der Waals surface area contributed by atoms with Crippen LogP contribution in [0.15, 0.2) is 36.5 Å². The van der Waals surface area contributed by atoms with Gasteiger partial charge in [0.15, 0.2) is 0 Å². The first-order chi connectivity index (χ1) is 9.61. The maximum Gasteiger partial charge on any atom is 0.249 e. The fourth-order valence-corrected chi connectivity index (χ4v) is 1.80. The summed E-state index contributed by atoms with van der Waals surface area (Å²) < 4.78 is 1.43. The molecule has 0 unspecified atom stereocenters. The molecule has 0 atom stereocenters. The van der Waals surface area contributed by atoms with E-state index in [-0.39, 0.29) is 5.91 Å². The maximum atomic E-state index is 11.8. The highest BCUT2D eigenvalue weighted by molar-refractivity contribution is 6.32. The molecule has 0 aliphatic heterocycles. The Morgan fingerprint density at radius 1 is 1.50 bits per heavy atom. The number of amides is 1. The van der Waals surface area contributed by atoms with Crippen LogP contribution in [-0.2, 0) is 11.8 Å². The molecule has 0 saturated heterocycles. The Hall–Kier alpha value is -2.58. The molecule has 1 heterocycles.